The van der Waals surface area contributed by atoms with E-state index >= 15 is 0 Å². The fourth-order valence-electron chi connectivity index (χ4n) is 1.14. The van der Waals surface area contributed by atoms with Gasteiger partial charge in [-0.3, -0.25) is 4.79 Å². The van der Waals surface area contributed by atoms with Gasteiger partial charge in [0.15, 0.2) is 5.78 Å². The molecule has 0 aliphatic carbocycles. The first kappa shape index (κ1) is 12.6. The van der Waals surface area contributed by atoms with Gasteiger partial charge in [0.05, 0.1) is 12.6 Å². The van der Waals surface area contributed by atoms with Crippen LogP contribution in [0.2, 0.25) is 0 Å². The standard InChI is InChI=1S/C10H21NO2/c1-8(2)5-4-6-10(12)9(11)7-13-3/h8-9H,4-7,11H2,1-3H3. The summed E-state index contributed by atoms with van der Waals surface area (Å²) in [5.74, 6) is 0.772. The van der Waals surface area contributed by atoms with Crippen LogP contribution >= 0.6 is 0 Å². The van der Waals surface area contributed by atoms with Crippen molar-refractivity contribution < 1.29 is 9.53 Å². The molecule has 0 aromatic carbocycles. The zero-order chi connectivity index (χ0) is 10.3. The molecule has 13 heavy (non-hydrogen) atoms. The molecule has 0 spiro atoms. The lowest BCUT2D eigenvalue weighted by Crippen LogP contribution is -2.34. The summed E-state index contributed by atoms with van der Waals surface area (Å²) < 4.78 is 4.81. The SMILES string of the molecule is COCC(N)C(=O)CCCC(C)C. The first-order valence-electron chi connectivity index (χ1n) is 4.85. The van der Waals surface area contributed by atoms with E-state index in [4.69, 9.17) is 10.5 Å². The van der Waals surface area contributed by atoms with Crippen LogP contribution in [0.25, 0.3) is 0 Å². The number of nitrogens with two attached hydrogens (primary N) is 1. The molecule has 0 bridgehead atoms. The quantitative estimate of drug-likeness (QED) is 0.654. The van der Waals surface area contributed by atoms with Gasteiger partial charge in [0, 0.05) is 13.5 Å². The van der Waals surface area contributed by atoms with Crippen LogP contribution in [0.1, 0.15) is 33.1 Å². The maximum absolute atomic E-state index is 11.3. The summed E-state index contributed by atoms with van der Waals surface area (Å²) in [5, 5.41) is 0. The second-order valence-corrected chi connectivity index (χ2v) is 3.81. The van der Waals surface area contributed by atoms with E-state index in [2.05, 4.69) is 13.8 Å². The number of hydrogen-bond acceptors (Lipinski definition) is 3. The molecule has 3 heteroatoms. The van der Waals surface area contributed by atoms with Gasteiger partial charge in [0.2, 0.25) is 0 Å². The number of ether oxygens (including phenoxy) is 1. The van der Waals surface area contributed by atoms with Gasteiger partial charge >= 0.3 is 0 Å². The Morgan fingerprint density at radius 1 is 1.46 bits per heavy atom. The highest BCUT2D eigenvalue weighted by Crippen LogP contribution is 2.07. The van der Waals surface area contributed by atoms with E-state index in [1.807, 2.05) is 0 Å². The Labute approximate surface area is 80.6 Å². The normalized spacial score (nSPS) is 13.3. The van der Waals surface area contributed by atoms with Gasteiger partial charge in [-0.2, -0.15) is 0 Å². The molecule has 0 rings (SSSR count). The summed E-state index contributed by atoms with van der Waals surface area (Å²) >= 11 is 0. The van der Waals surface area contributed by atoms with Crippen LogP contribution in [0.5, 0.6) is 0 Å². The third kappa shape index (κ3) is 6.72. The molecule has 78 valence electrons. The molecule has 0 radical (unpaired) electrons. The summed E-state index contributed by atoms with van der Waals surface area (Å²) in [6, 6.07) is -0.433. The van der Waals surface area contributed by atoms with Crippen LogP contribution in [-0.2, 0) is 9.53 Å². The predicted molar refractivity (Wildman–Crippen MR) is 53.5 cm³/mol. The molecule has 2 N–H and O–H groups in total. The van der Waals surface area contributed by atoms with Gasteiger partial charge in [-0.1, -0.05) is 20.3 Å². The van der Waals surface area contributed by atoms with Crippen LogP contribution < -0.4 is 5.73 Å². The van der Waals surface area contributed by atoms with Crippen LogP contribution in [0.15, 0.2) is 0 Å². The maximum Gasteiger partial charge on any atom is 0.151 e. The van der Waals surface area contributed by atoms with Gasteiger partial charge in [-0.05, 0) is 12.3 Å². The highest BCUT2D eigenvalue weighted by Gasteiger charge is 2.12. The number of ketones is 1. The summed E-state index contributed by atoms with van der Waals surface area (Å²) in [6.45, 7) is 4.64. The number of methoxy groups -OCH3 is 1. The first-order valence-corrected chi connectivity index (χ1v) is 4.85. The Kier molecular flexibility index (Phi) is 6.82. The highest BCUT2D eigenvalue weighted by molar-refractivity contribution is 5.83. The molecule has 0 saturated heterocycles. The summed E-state index contributed by atoms with van der Waals surface area (Å²) in [5.41, 5.74) is 5.57. The zero-order valence-electron chi connectivity index (χ0n) is 8.88. The molecule has 0 aliphatic heterocycles. The van der Waals surface area contributed by atoms with Gasteiger partial charge < -0.3 is 10.5 Å². The third-order valence-corrected chi connectivity index (χ3v) is 1.96. The number of carbonyl (C=O) groups is 1. The molecule has 0 aromatic rings. The van der Waals surface area contributed by atoms with Crippen LogP contribution in [-0.4, -0.2) is 25.5 Å². The Hall–Kier alpha value is -0.410. The van der Waals surface area contributed by atoms with E-state index in [0.717, 1.165) is 12.8 Å². The number of Topliss-reactive ketones (excluding diaryl/α,β-unsaturated/α-hetero) is 1. The van der Waals surface area contributed by atoms with E-state index in [1.165, 1.54) is 0 Å². The van der Waals surface area contributed by atoms with Gasteiger partial charge in [0.25, 0.3) is 0 Å². The largest absolute Gasteiger partial charge is 0.383 e. The van der Waals surface area contributed by atoms with Crippen molar-refractivity contribution in [3.05, 3.63) is 0 Å². The molecule has 0 aromatic heterocycles. The molecular weight excluding hydrogens is 166 g/mol. The predicted octanol–water partition coefficient (Wildman–Crippen LogP) is 1.36. The van der Waals surface area contributed by atoms with Crippen molar-refractivity contribution in [1.82, 2.24) is 0 Å². The second kappa shape index (κ2) is 7.04. The smallest absolute Gasteiger partial charge is 0.151 e. The van der Waals surface area contributed by atoms with Gasteiger partial charge in [0.1, 0.15) is 0 Å². The van der Waals surface area contributed by atoms with Crippen molar-refractivity contribution in [3.63, 3.8) is 0 Å². The van der Waals surface area contributed by atoms with Gasteiger partial charge in [-0.25, -0.2) is 0 Å². The van der Waals surface area contributed by atoms with E-state index in [9.17, 15) is 4.79 Å². The lowest BCUT2D eigenvalue weighted by atomic mass is 10.0. The minimum Gasteiger partial charge on any atom is -0.383 e. The van der Waals surface area contributed by atoms with Crippen molar-refractivity contribution in [2.45, 2.75) is 39.2 Å². The topological polar surface area (TPSA) is 52.3 Å². The fraction of sp³-hybridized carbons (Fsp3) is 0.900. The van der Waals surface area contributed by atoms with Crippen LogP contribution in [0, 0.1) is 5.92 Å². The molecule has 0 amide bonds. The molecule has 0 heterocycles. The van der Waals surface area contributed by atoms with Crippen molar-refractivity contribution in [2.75, 3.05) is 13.7 Å². The second-order valence-electron chi connectivity index (χ2n) is 3.81. The van der Waals surface area contributed by atoms with Crippen LogP contribution in [0.3, 0.4) is 0 Å². The average molecular weight is 187 g/mol. The van der Waals surface area contributed by atoms with E-state index in [0.29, 0.717) is 18.9 Å². The molecule has 0 saturated carbocycles. The monoisotopic (exact) mass is 187 g/mol. The molecular formula is C10H21NO2. The molecule has 3 nitrogen and oxygen atoms in total. The summed E-state index contributed by atoms with van der Waals surface area (Å²) in [7, 11) is 1.56. The molecule has 0 aliphatic rings. The highest BCUT2D eigenvalue weighted by atomic mass is 16.5. The van der Waals surface area contributed by atoms with Gasteiger partial charge in [-0.15, -0.1) is 0 Å². The third-order valence-electron chi connectivity index (χ3n) is 1.96. The number of hydrogen-bond donors (Lipinski definition) is 1. The van der Waals surface area contributed by atoms with Crippen molar-refractivity contribution in [3.8, 4) is 0 Å². The zero-order valence-corrected chi connectivity index (χ0v) is 8.88. The first-order chi connectivity index (χ1) is 6.07. The molecule has 1 unspecified atom stereocenters. The minimum atomic E-state index is -0.433. The molecule has 1 atom stereocenters. The lowest BCUT2D eigenvalue weighted by molar-refractivity contribution is -0.121. The van der Waals surface area contributed by atoms with Crippen LogP contribution in [0.4, 0.5) is 0 Å². The van der Waals surface area contributed by atoms with E-state index in [-0.39, 0.29) is 5.78 Å². The van der Waals surface area contributed by atoms with E-state index in [1.54, 1.807) is 7.11 Å². The van der Waals surface area contributed by atoms with Crippen molar-refractivity contribution >= 4 is 5.78 Å². The maximum atomic E-state index is 11.3. The van der Waals surface area contributed by atoms with E-state index < -0.39 is 6.04 Å². The summed E-state index contributed by atoms with van der Waals surface area (Å²) in [6.07, 6.45) is 2.61. The Balaban J connectivity index is 3.50. The minimum absolute atomic E-state index is 0.113. The fourth-order valence-corrected chi connectivity index (χ4v) is 1.14. The Morgan fingerprint density at radius 3 is 2.54 bits per heavy atom. The Bertz CT molecular complexity index is 146. The van der Waals surface area contributed by atoms with Crippen molar-refractivity contribution in [1.29, 1.82) is 0 Å². The van der Waals surface area contributed by atoms with Crippen molar-refractivity contribution in [2.24, 2.45) is 11.7 Å². The average Bonchev–Trinajstić information content (AvgIpc) is 2.04. The molecule has 0 fully saturated rings. The Morgan fingerprint density at radius 2 is 2.08 bits per heavy atom. The lowest BCUT2D eigenvalue weighted by Gasteiger charge is -2.09. The number of carbonyl (C=O) groups excluding carboxylic acids is 1. The summed E-state index contributed by atoms with van der Waals surface area (Å²) in [4.78, 5) is 11.3. The number of rotatable bonds is 7.